The fraction of sp³-hybridized carbons (Fsp3) is 0.125. The van der Waals surface area contributed by atoms with Crippen molar-refractivity contribution in [3.05, 3.63) is 41.3 Å². The van der Waals surface area contributed by atoms with Gasteiger partial charge in [-0.1, -0.05) is 30.7 Å². The Morgan fingerprint density at radius 2 is 2.00 bits per heavy atom. The number of halogens is 1. The third-order valence-electron chi connectivity index (χ3n) is 1.30. The Labute approximate surface area is 79.3 Å². The van der Waals surface area contributed by atoms with Crippen molar-refractivity contribution in [2.75, 3.05) is 0 Å². The fourth-order valence-electron chi connectivity index (χ4n) is 0.659. The summed E-state index contributed by atoms with van der Waals surface area (Å²) in [6.07, 6.45) is 0. The average Bonchev–Trinajstić information content (AvgIpc) is 1.80. The van der Waals surface area contributed by atoms with Gasteiger partial charge >= 0.3 is 0 Å². The Bertz CT molecular complexity index is 220. The molecule has 10 heavy (non-hydrogen) atoms. The van der Waals surface area contributed by atoms with Gasteiger partial charge in [-0.25, -0.2) is 0 Å². The number of aryl methyl sites for hydroxylation is 1. The van der Waals surface area contributed by atoms with Gasteiger partial charge in [0.1, 0.15) is 0 Å². The summed E-state index contributed by atoms with van der Waals surface area (Å²) < 4.78 is 0. The first-order chi connectivity index (χ1) is 4.20. The third kappa shape index (κ3) is 2.32. The Kier molecular flexibility index (Phi) is 4.00. The van der Waals surface area contributed by atoms with Gasteiger partial charge in [0.2, 0.25) is 0 Å². The van der Waals surface area contributed by atoms with Gasteiger partial charge in [0.25, 0.3) is 0 Å². The van der Waals surface area contributed by atoms with E-state index in [4.69, 9.17) is 11.6 Å². The van der Waals surface area contributed by atoms with E-state index in [0.29, 0.717) is 0 Å². The van der Waals surface area contributed by atoms with Gasteiger partial charge in [0.15, 0.2) is 0 Å². The molecule has 0 aliphatic heterocycles. The van der Waals surface area contributed by atoms with Crippen LogP contribution in [0.5, 0.6) is 0 Å². The first-order valence-electron chi connectivity index (χ1n) is 2.78. The van der Waals surface area contributed by atoms with Crippen molar-refractivity contribution in [3.63, 3.8) is 0 Å². The molecule has 0 N–H and O–H groups in total. The minimum atomic E-state index is 0. The van der Waals surface area contributed by atoms with Crippen molar-refractivity contribution in [1.29, 1.82) is 0 Å². The van der Waals surface area contributed by atoms with Crippen LogP contribution in [0.4, 0.5) is 0 Å². The molecule has 0 amide bonds. The zero-order chi connectivity index (χ0) is 6.85. The molecule has 0 atom stereocenters. The molecule has 1 aromatic carbocycles. The van der Waals surface area contributed by atoms with Crippen LogP contribution in [0.3, 0.4) is 0 Å². The molecule has 0 aliphatic rings. The molecule has 0 bridgehead atoms. The van der Waals surface area contributed by atoms with Gasteiger partial charge < -0.3 is 0 Å². The SMILES string of the molecule is [CH2-]c1ccc(Cl)cc1C.[Zn]. The van der Waals surface area contributed by atoms with E-state index in [0.717, 1.165) is 16.1 Å². The van der Waals surface area contributed by atoms with Gasteiger partial charge in [0.05, 0.1) is 0 Å². The molecule has 1 rings (SSSR count). The largest absolute Gasteiger partial charge is 0.198 e. The Hall–Kier alpha value is 0.00338. The molecular weight excluding hydrogens is 197 g/mol. The molecule has 50 valence electrons. The van der Waals surface area contributed by atoms with Crippen LogP contribution in [-0.4, -0.2) is 0 Å². The number of hydrogen-bond donors (Lipinski definition) is 0. The molecule has 0 fully saturated rings. The summed E-state index contributed by atoms with van der Waals surface area (Å²) in [6.45, 7) is 5.80. The molecule has 0 spiro atoms. The second-order valence-corrected chi connectivity index (χ2v) is 2.51. The van der Waals surface area contributed by atoms with Crippen LogP contribution in [0.15, 0.2) is 18.2 Å². The predicted molar refractivity (Wildman–Crippen MR) is 40.6 cm³/mol. The Morgan fingerprint density at radius 3 is 2.40 bits per heavy atom. The quantitative estimate of drug-likeness (QED) is 0.451. The van der Waals surface area contributed by atoms with E-state index >= 15 is 0 Å². The zero-order valence-corrected chi connectivity index (χ0v) is 9.75. The van der Waals surface area contributed by atoms with Crippen LogP contribution >= 0.6 is 11.6 Å². The molecule has 0 aromatic heterocycles. The van der Waals surface area contributed by atoms with E-state index in [9.17, 15) is 0 Å². The molecule has 0 nitrogen and oxygen atoms in total. The van der Waals surface area contributed by atoms with Crippen molar-refractivity contribution in [1.82, 2.24) is 0 Å². The van der Waals surface area contributed by atoms with Gasteiger partial charge in [-0.2, -0.15) is 24.1 Å². The zero-order valence-electron chi connectivity index (χ0n) is 6.02. The minimum absolute atomic E-state index is 0. The normalized spacial score (nSPS) is 8.60. The maximum atomic E-state index is 5.69. The molecule has 0 saturated carbocycles. The molecule has 0 aliphatic carbocycles. The van der Waals surface area contributed by atoms with Gasteiger partial charge in [-0.3, -0.25) is 0 Å². The first kappa shape index (κ1) is 10.0. The van der Waals surface area contributed by atoms with E-state index in [2.05, 4.69) is 6.92 Å². The van der Waals surface area contributed by atoms with Crippen molar-refractivity contribution in [2.45, 2.75) is 6.92 Å². The van der Waals surface area contributed by atoms with Crippen LogP contribution in [0.1, 0.15) is 11.1 Å². The molecule has 0 radical (unpaired) electrons. The first-order valence-corrected chi connectivity index (χ1v) is 3.16. The van der Waals surface area contributed by atoms with E-state index in [1.54, 1.807) is 0 Å². The standard InChI is InChI=1S/C8H8Cl.Zn/c1-6-3-4-8(9)5-7(6)2;/h3-5H,1H2,2H3;/q-1;. The van der Waals surface area contributed by atoms with Crippen LogP contribution in [0, 0.1) is 13.8 Å². The van der Waals surface area contributed by atoms with E-state index < -0.39 is 0 Å². The second kappa shape index (κ2) is 4.00. The smallest absolute Gasteiger partial charge is 0.0167 e. The van der Waals surface area contributed by atoms with Crippen LogP contribution in [-0.2, 0) is 19.5 Å². The Balaban J connectivity index is 0.000000810. The summed E-state index contributed by atoms with van der Waals surface area (Å²) >= 11 is 5.69. The minimum Gasteiger partial charge on any atom is -0.198 e. The fourth-order valence-corrected chi connectivity index (χ4v) is 0.886. The van der Waals surface area contributed by atoms with Crippen molar-refractivity contribution in [2.24, 2.45) is 0 Å². The van der Waals surface area contributed by atoms with E-state index in [1.165, 1.54) is 0 Å². The monoisotopic (exact) mass is 203 g/mol. The summed E-state index contributed by atoms with van der Waals surface area (Å²) in [7, 11) is 0. The predicted octanol–water partition coefficient (Wildman–Crippen LogP) is 2.83. The number of rotatable bonds is 0. The average molecular weight is 205 g/mol. The summed E-state index contributed by atoms with van der Waals surface area (Å²) in [5.41, 5.74) is 2.18. The second-order valence-electron chi connectivity index (χ2n) is 2.07. The van der Waals surface area contributed by atoms with Gasteiger partial charge in [0, 0.05) is 24.5 Å². The molecule has 1 aromatic rings. The summed E-state index contributed by atoms with van der Waals surface area (Å²) in [6, 6.07) is 5.67. The molecule has 0 saturated heterocycles. The third-order valence-corrected chi connectivity index (χ3v) is 1.54. The maximum absolute atomic E-state index is 5.69. The van der Waals surface area contributed by atoms with E-state index in [1.807, 2.05) is 25.1 Å². The number of hydrogen-bond acceptors (Lipinski definition) is 0. The molecule has 0 heterocycles. The summed E-state index contributed by atoms with van der Waals surface area (Å²) in [4.78, 5) is 0. The van der Waals surface area contributed by atoms with Crippen molar-refractivity contribution in [3.8, 4) is 0 Å². The maximum Gasteiger partial charge on any atom is 0.0167 e. The summed E-state index contributed by atoms with van der Waals surface area (Å²) in [5.74, 6) is 0. The van der Waals surface area contributed by atoms with Crippen molar-refractivity contribution >= 4 is 11.6 Å². The Morgan fingerprint density at radius 1 is 1.40 bits per heavy atom. The number of benzene rings is 1. The molecule has 2 heteroatoms. The van der Waals surface area contributed by atoms with Crippen LogP contribution in [0.25, 0.3) is 0 Å². The van der Waals surface area contributed by atoms with Gasteiger partial charge in [-0.05, 0) is 0 Å². The van der Waals surface area contributed by atoms with Crippen LogP contribution in [0.2, 0.25) is 5.02 Å². The van der Waals surface area contributed by atoms with E-state index in [-0.39, 0.29) is 19.5 Å². The van der Waals surface area contributed by atoms with Gasteiger partial charge in [-0.15, -0.1) is 0 Å². The molecule has 0 unspecified atom stereocenters. The topological polar surface area (TPSA) is 0 Å². The summed E-state index contributed by atoms with van der Waals surface area (Å²) in [5, 5.41) is 0.778. The van der Waals surface area contributed by atoms with Crippen molar-refractivity contribution < 1.29 is 19.5 Å². The molecular formula is C8H8ClZn-. The van der Waals surface area contributed by atoms with Crippen LogP contribution < -0.4 is 0 Å².